The number of nitrogens with two attached hydrogens (primary N) is 2. The molecular formula is C17H17N5O2. The first-order chi connectivity index (χ1) is 11.4. The third-order valence-electron chi connectivity index (χ3n) is 3.89. The van der Waals surface area contributed by atoms with E-state index in [2.05, 4.69) is 21.9 Å². The van der Waals surface area contributed by atoms with E-state index in [9.17, 15) is 4.79 Å². The summed E-state index contributed by atoms with van der Waals surface area (Å²) in [6.07, 6.45) is 0.687. The smallest absolute Gasteiger partial charge is 0.335 e. The van der Waals surface area contributed by atoms with Gasteiger partial charge in [0.05, 0.1) is 11.1 Å². The maximum atomic E-state index is 10.9. The average molecular weight is 323 g/mol. The molecule has 0 unspecified atom stereocenters. The second-order valence-electron chi connectivity index (χ2n) is 5.67. The molecule has 0 spiro atoms. The zero-order valence-electron chi connectivity index (χ0n) is 13.1. The van der Waals surface area contributed by atoms with Crippen molar-refractivity contribution in [1.82, 2.24) is 15.0 Å². The molecular weight excluding hydrogens is 306 g/mol. The Morgan fingerprint density at radius 2 is 1.79 bits per heavy atom. The topological polar surface area (TPSA) is 128 Å². The molecule has 2 aromatic heterocycles. The highest BCUT2D eigenvalue weighted by Gasteiger charge is 2.11. The van der Waals surface area contributed by atoms with Gasteiger partial charge in [0.15, 0.2) is 5.82 Å². The highest BCUT2D eigenvalue weighted by Crippen LogP contribution is 2.23. The maximum Gasteiger partial charge on any atom is 0.335 e. The third-order valence-corrected chi connectivity index (χ3v) is 3.89. The summed E-state index contributed by atoms with van der Waals surface area (Å²) >= 11 is 0. The Kier molecular flexibility index (Phi) is 3.99. The first-order valence-electron chi connectivity index (χ1n) is 7.46. The van der Waals surface area contributed by atoms with E-state index in [1.165, 1.54) is 0 Å². The van der Waals surface area contributed by atoms with Crippen molar-refractivity contribution in [2.24, 2.45) is 0 Å². The Balaban J connectivity index is 1.84. The minimum atomic E-state index is -0.930. The van der Waals surface area contributed by atoms with E-state index in [-0.39, 0.29) is 23.2 Å². The average Bonchev–Trinajstić information content (AvgIpc) is 2.55. The lowest BCUT2D eigenvalue weighted by Gasteiger charge is -2.12. The molecule has 2 heterocycles. The number of nitrogen functional groups attached to an aromatic ring is 2. The summed E-state index contributed by atoms with van der Waals surface area (Å²) in [6.45, 7) is 2.06. The zero-order chi connectivity index (χ0) is 17.3. The zero-order valence-corrected chi connectivity index (χ0v) is 13.1. The number of aromatic nitrogens is 3. The predicted molar refractivity (Wildman–Crippen MR) is 91.7 cm³/mol. The molecule has 0 aliphatic rings. The van der Waals surface area contributed by atoms with Gasteiger partial charge in [0.1, 0.15) is 5.52 Å². The van der Waals surface area contributed by atoms with Crippen molar-refractivity contribution in [2.45, 2.75) is 19.3 Å². The van der Waals surface area contributed by atoms with E-state index in [4.69, 9.17) is 16.6 Å². The largest absolute Gasteiger partial charge is 0.478 e. The van der Waals surface area contributed by atoms with Crippen LogP contribution < -0.4 is 11.5 Å². The summed E-state index contributed by atoms with van der Waals surface area (Å²) in [5.41, 5.74) is 14.8. The number of benzene rings is 1. The SMILES string of the molecule is C[C@@H](Cc1ccc2nc(N)nc(N)c2n1)c1ccc(C(=O)O)cc1. The summed E-state index contributed by atoms with van der Waals surface area (Å²) in [5, 5.41) is 8.95. The Morgan fingerprint density at radius 1 is 1.08 bits per heavy atom. The van der Waals surface area contributed by atoms with Crippen LogP contribution in [0, 0.1) is 0 Å². The Labute approximate surface area is 138 Å². The van der Waals surface area contributed by atoms with E-state index in [1.54, 1.807) is 12.1 Å². The van der Waals surface area contributed by atoms with E-state index >= 15 is 0 Å². The van der Waals surface area contributed by atoms with Crippen molar-refractivity contribution < 1.29 is 9.90 Å². The molecule has 0 saturated carbocycles. The molecule has 7 heteroatoms. The standard InChI is InChI=1S/C17H17N5O2/c1-9(10-2-4-11(5-3-10)16(23)24)8-12-6-7-13-14(20-12)15(18)22-17(19)21-13/h2-7,9H,8H2,1H3,(H,23,24)(H4,18,19,21,22)/t9-/m0/s1. The molecule has 0 radical (unpaired) electrons. The Hall–Kier alpha value is -3.22. The molecule has 5 N–H and O–H groups in total. The Morgan fingerprint density at radius 3 is 2.46 bits per heavy atom. The molecule has 7 nitrogen and oxygen atoms in total. The summed E-state index contributed by atoms with van der Waals surface area (Å²) in [4.78, 5) is 23.5. The van der Waals surface area contributed by atoms with Gasteiger partial charge in [-0.25, -0.2) is 14.8 Å². The van der Waals surface area contributed by atoms with Crippen LogP contribution in [0.3, 0.4) is 0 Å². The normalized spacial score (nSPS) is 12.2. The van der Waals surface area contributed by atoms with Crippen molar-refractivity contribution in [2.75, 3.05) is 11.5 Å². The quantitative estimate of drug-likeness (QED) is 0.671. The maximum absolute atomic E-state index is 10.9. The first-order valence-corrected chi connectivity index (χ1v) is 7.46. The molecule has 0 aliphatic heterocycles. The third kappa shape index (κ3) is 3.10. The molecule has 3 aromatic rings. The number of carboxylic acids is 1. The Bertz CT molecular complexity index is 909. The number of hydrogen-bond acceptors (Lipinski definition) is 6. The number of fused-ring (bicyclic) bond motifs is 1. The molecule has 3 rings (SSSR count). The number of hydrogen-bond donors (Lipinski definition) is 3. The van der Waals surface area contributed by atoms with Crippen molar-refractivity contribution in [3.05, 3.63) is 53.2 Å². The van der Waals surface area contributed by atoms with Gasteiger partial charge in [0, 0.05) is 5.69 Å². The van der Waals surface area contributed by atoms with Crippen LogP contribution in [0.5, 0.6) is 0 Å². The number of nitrogens with zero attached hydrogens (tertiary/aromatic N) is 3. The van der Waals surface area contributed by atoms with Crippen LogP contribution in [-0.2, 0) is 6.42 Å². The van der Waals surface area contributed by atoms with Crippen LogP contribution >= 0.6 is 0 Å². The number of carbonyl (C=O) groups is 1. The van der Waals surface area contributed by atoms with Gasteiger partial charge in [-0.1, -0.05) is 19.1 Å². The molecule has 24 heavy (non-hydrogen) atoms. The molecule has 1 atom stereocenters. The summed E-state index contributed by atoms with van der Waals surface area (Å²) in [7, 11) is 0. The summed E-state index contributed by atoms with van der Waals surface area (Å²) < 4.78 is 0. The van der Waals surface area contributed by atoms with Gasteiger partial charge < -0.3 is 16.6 Å². The molecule has 0 amide bonds. The molecule has 0 aliphatic carbocycles. The fraction of sp³-hybridized carbons (Fsp3) is 0.176. The molecule has 122 valence electrons. The molecule has 0 saturated heterocycles. The number of aromatic carboxylic acids is 1. The van der Waals surface area contributed by atoms with E-state index in [1.807, 2.05) is 24.3 Å². The van der Waals surface area contributed by atoms with Crippen LogP contribution in [0.1, 0.15) is 34.5 Å². The summed E-state index contributed by atoms with van der Waals surface area (Å²) in [6, 6.07) is 10.6. The van der Waals surface area contributed by atoms with Gasteiger partial charge in [0.2, 0.25) is 5.95 Å². The predicted octanol–water partition coefficient (Wildman–Crippen LogP) is 2.23. The van der Waals surface area contributed by atoms with Gasteiger partial charge >= 0.3 is 5.97 Å². The van der Waals surface area contributed by atoms with Crippen LogP contribution in [0.15, 0.2) is 36.4 Å². The fourth-order valence-corrected chi connectivity index (χ4v) is 2.60. The molecule has 0 bridgehead atoms. The highest BCUT2D eigenvalue weighted by atomic mass is 16.4. The lowest BCUT2D eigenvalue weighted by Crippen LogP contribution is -2.05. The first kappa shape index (κ1) is 15.7. The van der Waals surface area contributed by atoms with E-state index < -0.39 is 5.97 Å². The van der Waals surface area contributed by atoms with Gasteiger partial charge in [-0.2, -0.15) is 4.98 Å². The monoisotopic (exact) mass is 323 g/mol. The van der Waals surface area contributed by atoms with Gasteiger partial charge in [0.25, 0.3) is 0 Å². The van der Waals surface area contributed by atoms with Crippen LogP contribution in [0.2, 0.25) is 0 Å². The summed E-state index contributed by atoms with van der Waals surface area (Å²) in [5.74, 6) is -0.367. The molecule has 0 fully saturated rings. The van der Waals surface area contributed by atoms with Crippen LogP contribution in [-0.4, -0.2) is 26.0 Å². The minimum Gasteiger partial charge on any atom is -0.478 e. The minimum absolute atomic E-state index is 0.126. The highest BCUT2D eigenvalue weighted by molar-refractivity contribution is 5.87. The van der Waals surface area contributed by atoms with Gasteiger partial charge in [-0.15, -0.1) is 0 Å². The van der Waals surface area contributed by atoms with Gasteiger partial charge in [-0.05, 0) is 42.2 Å². The second-order valence-corrected chi connectivity index (χ2v) is 5.67. The number of rotatable bonds is 4. The van der Waals surface area contributed by atoms with Gasteiger partial charge in [-0.3, -0.25) is 0 Å². The van der Waals surface area contributed by atoms with Crippen molar-refractivity contribution in [3.8, 4) is 0 Å². The molecule has 1 aromatic carbocycles. The van der Waals surface area contributed by atoms with Crippen molar-refractivity contribution in [3.63, 3.8) is 0 Å². The number of anilines is 2. The van der Waals surface area contributed by atoms with Crippen molar-refractivity contribution >= 4 is 28.8 Å². The second kappa shape index (κ2) is 6.11. The number of pyridine rings is 1. The number of carboxylic acid groups (broad SMARTS) is 1. The lowest BCUT2D eigenvalue weighted by molar-refractivity contribution is 0.0697. The van der Waals surface area contributed by atoms with Crippen LogP contribution in [0.4, 0.5) is 11.8 Å². The van der Waals surface area contributed by atoms with E-state index in [0.717, 1.165) is 11.3 Å². The van der Waals surface area contributed by atoms with E-state index in [0.29, 0.717) is 17.5 Å². The van der Waals surface area contributed by atoms with Crippen LogP contribution in [0.25, 0.3) is 11.0 Å². The lowest BCUT2D eigenvalue weighted by atomic mass is 9.95. The van der Waals surface area contributed by atoms with Crippen molar-refractivity contribution in [1.29, 1.82) is 0 Å². The fourth-order valence-electron chi connectivity index (χ4n) is 2.60.